The summed E-state index contributed by atoms with van der Waals surface area (Å²) in [4.78, 5) is 0. The zero-order valence-corrected chi connectivity index (χ0v) is 14.3. The zero-order chi connectivity index (χ0) is 15.1. The first-order chi connectivity index (χ1) is 10.7. The van der Waals surface area contributed by atoms with Gasteiger partial charge in [0, 0.05) is 23.1 Å². The second-order valence-corrected chi connectivity index (χ2v) is 7.32. The molecule has 3 heterocycles. The molecular weight excluding hydrogens is 365 g/mol. The number of nitrogens with one attached hydrogen (secondary N) is 1. The Balaban J connectivity index is 1.86. The van der Waals surface area contributed by atoms with E-state index >= 15 is 0 Å². The average molecular weight is 380 g/mol. The second-order valence-electron chi connectivity index (χ2n) is 5.56. The molecule has 0 bridgehead atoms. The van der Waals surface area contributed by atoms with Crippen molar-refractivity contribution in [3.8, 4) is 0 Å². The number of thioether (sulfide) groups is 1. The largest absolute Gasteiger partial charge is 0.375 e. The van der Waals surface area contributed by atoms with Gasteiger partial charge in [-0.25, -0.2) is 4.39 Å². The van der Waals surface area contributed by atoms with E-state index in [9.17, 15) is 4.39 Å². The number of fused-ring (bicyclic) bond motifs is 1. The van der Waals surface area contributed by atoms with Gasteiger partial charge in [0.15, 0.2) is 0 Å². The van der Waals surface area contributed by atoms with Crippen molar-refractivity contribution in [2.45, 2.75) is 12.3 Å². The summed E-state index contributed by atoms with van der Waals surface area (Å²) >= 11 is 5.11. The summed E-state index contributed by atoms with van der Waals surface area (Å²) in [6.07, 6.45) is 3.20. The Bertz CT molecular complexity index is 725. The first kappa shape index (κ1) is 14.5. The summed E-state index contributed by atoms with van der Waals surface area (Å²) in [7, 11) is 0. The third-order valence-electron chi connectivity index (χ3n) is 4.28. The number of allylic oxidation sites excluding steroid dienone is 1. The lowest BCUT2D eigenvalue weighted by molar-refractivity contribution is 0.139. The van der Waals surface area contributed by atoms with Gasteiger partial charge in [-0.3, -0.25) is 0 Å². The summed E-state index contributed by atoms with van der Waals surface area (Å²) in [6, 6.07) is 5.35. The second kappa shape index (κ2) is 5.87. The fourth-order valence-electron chi connectivity index (χ4n) is 3.28. The molecular formula is C17H15BrFNOS. The van der Waals surface area contributed by atoms with Crippen LogP contribution in [0.25, 0.3) is 0 Å². The lowest BCUT2D eigenvalue weighted by atomic mass is 9.78. The van der Waals surface area contributed by atoms with Crippen molar-refractivity contribution < 1.29 is 9.13 Å². The number of ether oxygens (including phenoxy) is 1. The molecule has 0 radical (unpaired) electrons. The molecule has 4 rings (SSSR count). The third kappa shape index (κ3) is 2.45. The molecule has 0 aromatic heterocycles. The van der Waals surface area contributed by atoms with E-state index < -0.39 is 0 Å². The van der Waals surface area contributed by atoms with Gasteiger partial charge in [0.2, 0.25) is 0 Å². The summed E-state index contributed by atoms with van der Waals surface area (Å²) in [6.45, 7) is 1.38. The summed E-state index contributed by atoms with van der Waals surface area (Å²) in [5.74, 6) is 0.963. The average Bonchev–Trinajstić information content (AvgIpc) is 2.55. The van der Waals surface area contributed by atoms with Crippen LogP contribution in [0.2, 0.25) is 0 Å². The maximum absolute atomic E-state index is 13.6. The third-order valence-corrected chi connectivity index (χ3v) is 5.65. The number of hydrogen-bond donors (Lipinski definition) is 1. The minimum atomic E-state index is -0.220. The molecule has 1 N–H and O–H groups in total. The zero-order valence-electron chi connectivity index (χ0n) is 11.9. The molecule has 1 aromatic rings. The van der Waals surface area contributed by atoms with Crippen molar-refractivity contribution in [1.29, 1.82) is 0 Å². The van der Waals surface area contributed by atoms with E-state index in [1.807, 2.05) is 12.1 Å². The predicted octanol–water partition coefficient (Wildman–Crippen LogP) is 4.46. The smallest absolute Gasteiger partial charge is 0.137 e. The first-order valence-electron chi connectivity index (χ1n) is 7.28. The highest BCUT2D eigenvalue weighted by Crippen LogP contribution is 2.45. The molecule has 3 aliphatic heterocycles. The Kier molecular flexibility index (Phi) is 3.88. The SMILES string of the molecule is Fc1ccc(C2C3=CCSC=C3NC3=C2CCOC3)cc1Br. The van der Waals surface area contributed by atoms with Crippen LogP contribution in [0.15, 0.2) is 56.7 Å². The summed E-state index contributed by atoms with van der Waals surface area (Å²) in [5, 5.41) is 5.70. The van der Waals surface area contributed by atoms with Gasteiger partial charge >= 0.3 is 0 Å². The highest BCUT2D eigenvalue weighted by Gasteiger charge is 2.33. The molecule has 5 heteroatoms. The number of hydrogen-bond acceptors (Lipinski definition) is 3. The van der Waals surface area contributed by atoms with Crippen molar-refractivity contribution >= 4 is 27.7 Å². The quantitative estimate of drug-likeness (QED) is 0.777. The van der Waals surface area contributed by atoms with E-state index in [0.717, 1.165) is 30.0 Å². The van der Waals surface area contributed by atoms with Gasteiger partial charge in [0.05, 0.1) is 17.7 Å². The molecule has 0 saturated carbocycles. The van der Waals surface area contributed by atoms with Crippen LogP contribution in [-0.2, 0) is 4.74 Å². The topological polar surface area (TPSA) is 21.3 Å². The molecule has 0 fully saturated rings. The van der Waals surface area contributed by atoms with Gasteiger partial charge in [-0.15, -0.1) is 11.8 Å². The van der Waals surface area contributed by atoms with Gasteiger partial charge in [-0.1, -0.05) is 12.1 Å². The molecule has 0 saturated heterocycles. The van der Waals surface area contributed by atoms with Crippen LogP contribution in [0.4, 0.5) is 4.39 Å². The molecule has 0 amide bonds. The molecule has 2 nitrogen and oxygen atoms in total. The van der Waals surface area contributed by atoms with Gasteiger partial charge < -0.3 is 10.1 Å². The Morgan fingerprint density at radius 3 is 3.14 bits per heavy atom. The predicted molar refractivity (Wildman–Crippen MR) is 91.1 cm³/mol. The maximum Gasteiger partial charge on any atom is 0.137 e. The lowest BCUT2D eigenvalue weighted by Gasteiger charge is -2.37. The van der Waals surface area contributed by atoms with E-state index in [1.165, 1.54) is 16.8 Å². The van der Waals surface area contributed by atoms with Gasteiger partial charge in [0.1, 0.15) is 5.82 Å². The molecule has 0 aliphatic carbocycles. The molecule has 1 unspecified atom stereocenters. The lowest BCUT2D eigenvalue weighted by Crippen LogP contribution is -2.33. The Labute approximate surface area is 141 Å². The van der Waals surface area contributed by atoms with Crippen LogP contribution in [-0.4, -0.2) is 19.0 Å². The highest BCUT2D eigenvalue weighted by molar-refractivity contribution is 9.10. The summed E-state index contributed by atoms with van der Waals surface area (Å²) in [5.41, 5.74) is 6.14. The monoisotopic (exact) mass is 379 g/mol. The van der Waals surface area contributed by atoms with E-state index in [0.29, 0.717) is 11.1 Å². The van der Waals surface area contributed by atoms with E-state index in [4.69, 9.17) is 4.74 Å². The molecule has 22 heavy (non-hydrogen) atoms. The van der Waals surface area contributed by atoms with Crippen LogP contribution in [0, 0.1) is 5.82 Å². The van der Waals surface area contributed by atoms with Crippen LogP contribution in [0.3, 0.4) is 0 Å². The fourth-order valence-corrected chi connectivity index (χ4v) is 4.41. The Morgan fingerprint density at radius 1 is 1.36 bits per heavy atom. The summed E-state index contributed by atoms with van der Waals surface area (Å²) < 4.78 is 19.7. The van der Waals surface area contributed by atoms with Crippen LogP contribution in [0.1, 0.15) is 17.9 Å². The first-order valence-corrected chi connectivity index (χ1v) is 9.12. The molecule has 3 aliphatic rings. The standard InChI is InChI=1S/C17H15BrFNOS/c18-13-7-10(1-2-14(13)19)17-11-3-5-21-8-15(11)20-16-9-22-6-4-12(16)17/h1-2,4,7,9,17,20H,3,5-6,8H2. The Morgan fingerprint density at radius 2 is 2.27 bits per heavy atom. The molecule has 0 spiro atoms. The van der Waals surface area contributed by atoms with Gasteiger partial charge in [-0.2, -0.15) is 0 Å². The highest BCUT2D eigenvalue weighted by atomic mass is 79.9. The van der Waals surface area contributed by atoms with Crippen LogP contribution in [0.5, 0.6) is 0 Å². The van der Waals surface area contributed by atoms with E-state index in [2.05, 4.69) is 32.7 Å². The van der Waals surface area contributed by atoms with Crippen molar-refractivity contribution in [3.05, 3.63) is 68.1 Å². The van der Waals surface area contributed by atoms with Crippen LogP contribution < -0.4 is 5.32 Å². The number of halogens is 2. The van der Waals surface area contributed by atoms with Gasteiger partial charge in [0.25, 0.3) is 0 Å². The minimum absolute atomic E-state index is 0.198. The van der Waals surface area contributed by atoms with Crippen LogP contribution >= 0.6 is 27.7 Å². The van der Waals surface area contributed by atoms with Crippen molar-refractivity contribution in [2.24, 2.45) is 0 Å². The maximum atomic E-state index is 13.6. The normalized spacial score (nSPS) is 24.0. The van der Waals surface area contributed by atoms with E-state index in [-0.39, 0.29) is 11.7 Å². The number of rotatable bonds is 1. The molecule has 114 valence electrons. The van der Waals surface area contributed by atoms with Crippen molar-refractivity contribution in [1.82, 2.24) is 5.32 Å². The van der Waals surface area contributed by atoms with Gasteiger partial charge in [-0.05, 0) is 56.6 Å². The fraction of sp³-hybridized carbons (Fsp3) is 0.294. The number of benzene rings is 1. The molecule has 1 atom stereocenters. The Hall–Kier alpha value is -1.04. The van der Waals surface area contributed by atoms with Crippen molar-refractivity contribution in [2.75, 3.05) is 19.0 Å². The van der Waals surface area contributed by atoms with Crippen molar-refractivity contribution in [3.63, 3.8) is 0 Å². The molecule has 1 aromatic carbocycles. The van der Waals surface area contributed by atoms with E-state index in [1.54, 1.807) is 17.8 Å². The minimum Gasteiger partial charge on any atom is -0.375 e.